The summed E-state index contributed by atoms with van der Waals surface area (Å²) >= 11 is 6.12. The first kappa shape index (κ1) is 11.6. The van der Waals surface area contributed by atoms with Gasteiger partial charge in [-0.05, 0) is 19.1 Å². The summed E-state index contributed by atoms with van der Waals surface area (Å²) in [5.41, 5.74) is 7.75. The summed E-state index contributed by atoms with van der Waals surface area (Å²) in [5.74, 6) is 5.88. The van der Waals surface area contributed by atoms with Crippen molar-refractivity contribution in [1.29, 1.82) is 0 Å². The molecule has 0 aliphatic rings. The predicted octanol–water partition coefficient (Wildman–Crippen LogP) is 1.94. The monoisotopic (exact) mass is 250 g/mol. The van der Waals surface area contributed by atoms with Crippen molar-refractivity contribution in [3.8, 4) is 17.0 Å². The molecule has 88 valence electrons. The van der Waals surface area contributed by atoms with Crippen molar-refractivity contribution in [3.63, 3.8) is 0 Å². The van der Waals surface area contributed by atoms with E-state index < -0.39 is 0 Å². The highest BCUT2D eigenvalue weighted by Crippen LogP contribution is 2.31. The second-order valence-electron chi connectivity index (χ2n) is 3.49. The topological polar surface area (TPSA) is 87.0 Å². The molecule has 5 nitrogen and oxygen atoms in total. The highest BCUT2D eigenvalue weighted by Gasteiger charge is 2.10. The Kier molecular flexibility index (Phi) is 3.12. The van der Waals surface area contributed by atoms with Crippen molar-refractivity contribution >= 4 is 17.4 Å². The highest BCUT2D eigenvalue weighted by atomic mass is 35.5. The van der Waals surface area contributed by atoms with Gasteiger partial charge in [0.15, 0.2) is 0 Å². The first-order valence-corrected chi connectivity index (χ1v) is 5.25. The molecule has 0 saturated heterocycles. The fourth-order valence-electron chi connectivity index (χ4n) is 1.48. The lowest BCUT2D eigenvalue weighted by molar-refractivity contribution is 0.334. The summed E-state index contributed by atoms with van der Waals surface area (Å²) in [5, 5.41) is 0.482. The molecule has 0 fully saturated rings. The van der Waals surface area contributed by atoms with Crippen LogP contribution in [0.15, 0.2) is 24.4 Å². The molecule has 0 amide bonds. The van der Waals surface area contributed by atoms with E-state index in [0.29, 0.717) is 22.3 Å². The molecule has 2 aromatic rings. The number of aryl methyl sites for hydroxylation is 1. The van der Waals surface area contributed by atoms with E-state index in [-0.39, 0.29) is 0 Å². The standard InChI is InChI=1S/C11H11ClN4O/c1-6-11(16-10(13)5-15-6)8-3-2-7(17-14)4-9(8)12/h2-5H,14H2,1H3,(H2,13,16). The number of nitrogens with two attached hydrogens (primary N) is 2. The minimum absolute atomic E-state index is 0.348. The third-order valence-corrected chi connectivity index (χ3v) is 2.62. The van der Waals surface area contributed by atoms with E-state index >= 15 is 0 Å². The number of anilines is 1. The fourth-order valence-corrected chi connectivity index (χ4v) is 1.74. The quantitative estimate of drug-likeness (QED) is 0.796. The van der Waals surface area contributed by atoms with Gasteiger partial charge in [0.2, 0.25) is 0 Å². The van der Waals surface area contributed by atoms with E-state index in [1.807, 2.05) is 6.92 Å². The van der Waals surface area contributed by atoms with E-state index in [9.17, 15) is 0 Å². The summed E-state index contributed by atoms with van der Waals surface area (Å²) in [7, 11) is 0. The lowest BCUT2D eigenvalue weighted by Gasteiger charge is -2.08. The largest absolute Gasteiger partial charge is 0.411 e. The van der Waals surface area contributed by atoms with Gasteiger partial charge < -0.3 is 10.6 Å². The summed E-state index contributed by atoms with van der Waals surface area (Å²) in [6.45, 7) is 1.84. The van der Waals surface area contributed by atoms with Gasteiger partial charge in [0.25, 0.3) is 0 Å². The Hall–Kier alpha value is -1.85. The number of aromatic nitrogens is 2. The molecule has 0 aliphatic carbocycles. The Morgan fingerprint density at radius 1 is 1.35 bits per heavy atom. The maximum Gasteiger partial charge on any atom is 0.148 e. The molecule has 1 aromatic heterocycles. The van der Waals surface area contributed by atoms with Crippen LogP contribution >= 0.6 is 11.6 Å². The number of hydrogen-bond donors (Lipinski definition) is 2. The number of nitrogen functional groups attached to an aromatic ring is 1. The Balaban J connectivity index is 2.56. The molecule has 6 heteroatoms. The first-order chi connectivity index (χ1) is 8.11. The highest BCUT2D eigenvalue weighted by molar-refractivity contribution is 6.33. The number of nitrogens with zero attached hydrogens (tertiary/aromatic N) is 2. The molecule has 0 radical (unpaired) electrons. The molecule has 0 spiro atoms. The maximum atomic E-state index is 6.12. The first-order valence-electron chi connectivity index (χ1n) is 4.87. The van der Waals surface area contributed by atoms with Gasteiger partial charge in [0, 0.05) is 11.6 Å². The van der Waals surface area contributed by atoms with Crippen LogP contribution in [0.4, 0.5) is 5.82 Å². The van der Waals surface area contributed by atoms with Crippen LogP contribution in [0.25, 0.3) is 11.3 Å². The zero-order valence-electron chi connectivity index (χ0n) is 9.14. The minimum atomic E-state index is 0.348. The van der Waals surface area contributed by atoms with Crippen LogP contribution in [0.2, 0.25) is 5.02 Å². The van der Waals surface area contributed by atoms with Crippen molar-refractivity contribution < 1.29 is 4.84 Å². The Morgan fingerprint density at radius 2 is 2.12 bits per heavy atom. The van der Waals surface area contributed by atoms with Gasteiger partial charge in [-0.15, -0.1) is 0 Å². The number of halogens is 1. The number of benzene rings is 1. The minimum Gasteiger partial charge on any atom is -0.411 e. The van der Waals surface area contributed by atoms with Crippen molar-refractivity contribution in [1.82, 2.24) is 9.97 Å². The van der Waals surface area contributed by atoms with Crippen molar-refractivity contribution in [2.24, 2.45) is 5.90 Å². The fraction of sp³-hybridized carbons (Fsp3) is 0.0909. The maximum absolute atomic E-state index is 6.12. The van der Waals surface area contributed by atoms with Gasteiger partial charge in [-0.3, -0.25) is 4.98 Å². The second-order valence-corrected chi connectivity index (χ2v) is 3.90. The average molecular weight is 251 g/mol. The molecule has 1 heterocycles. The van der Waals surface area contributed by atoms with Gasteiger partial charge in [0.1, 0.15) is 11.6 Å². The molecule has 17 heavy (non-hydrogen) atoms. The van der Waals surface area contributed by atoms with Gasteiger partial charge in [-0.25, -0.2) is 4.98 Å². The molecule has 0 saturated carbocycles. The van der Waals surface area contributed by atoms with Crippen LogP contribution in [0.1, 0.15) is 5.69 Å². The van der Waals surface area contributed by atoms with Gasteiger partial charge >= 0.3 is 0 Å². The third-order valence-electron chi connectivity index (χ3n) is 2.31. The zero-order valence-corrected chi connectivity index (χ0v) is 9.90. The van der Waals surface area contributed by atoms with Crippen LogP contribution in [-0.2, 0) is 0 Å². The van der Waals surface area contributed by atoms with Gasteiger partial charge in [-0.2, -0.15) is 5.90 Å². The Bertz CT molecular complexity index is 559. The van der Waals surface area contributed by atoms with Crippen LogP contribution in [0.5, 0.6) is 5.75 Å². The molecule has 2 rings (SSSR count). The molecule has 0 aliphatic heterocycles. The van der Waals surface area contributed by atoms with Gasteiger partial charge in [0.05, 0.1) is 22.6 Å². The summed E-state index contributed by atoms with van der Waals surface area (Å²) < 4.78 is 0. The smallest absolute Gasteiger partial charge is 0.148 e. The predicted molar refractivity (Wildman–Crippen MR) is 66.4 cm³/mol. The summed E-state index contributed by atoms with van der Waals surface area (Å²) in [6.07, 6.45) is 1.50. The van der Waals surface area contributed by atoms with Crippen molar-refractivity contribution in [3.05, 3.63) is 35.1 Å². The molecule has 0 unspecified atom stereocenters. The zero-order chi connectivity index (χ0) is 12.4. The third kappa shape index (κ3) is 2.30. The Morgan fingerprint density at radius 3 is 2.76 bits per heavy atom. The normalized spacial score (nSPS) is 10.3. The molecule has 4 N–H and O–H groups in total. The van der Waals surface area contributed by atoms with Crippen LogP contribution < -0.4 is 16.5 Å². The van der Waals surface area contributed by atoms with Crippen LogP contribution in [-0.4, -0.2) is 9.97 Å². The van der Waals surface area contributed by atoms with Crippen LogP contribution in [0, 0.1) is 6.92 Å². The number of rotatable bonds is 2. The van der Waals surface area contributed by atoms with E-state index in [1.165, 1.54) is 6.20 Å². The average Bonchev–Trinajstić information content (AvgIpc) is 2.32. The van der Waals surface area contributed by atoms with E-state index in [2.05, 4.69) is 14.8 Å². The lowest BCUT2D eigenvalue weighted by atomic mass is 10.1. The molecular weight excluding hydrogens is 240 g/mol. The summed E-state index contributed by atoms with van der Waals surface area (Å²) in [6, 6.07) is 5.08. The Labute approximate surface area is 103 Å². The van der Waals surface area contributed by atoms with E-state index in [4.69, 9.17) is 23.2 Å². The second kappa shape index (κ2) is 4.57. The summed E-state index contributed by atoms with van der Waals surface area (Å²) in [4.78, 5) is 12.9. The van der Waals surface area contributed by atoms with E-state index in [0.717, 1.165) is 11.3 Å². The van der Waals surface area contributed by atoms with E-state index in [1.54, 1.807) is 18.2 Å². The number of hydrogen-bond acceptors (Lipinski definition) is 5. The molecule has 1 aromatic carbocycles. The SMILES string of the molecule is Cc1ncc(N)nc1-c1ccc(ON)cc1Cl. The van der Waals surface area contributed by atoms with Crippen molar-refractivity contribution in [2.75, 3.05) is 5.73 Å². The molecule has 0 atom stereocenters. The van der Waals surface area contributed by atoms with Gasteiger partial charge in [-0.1, -0.05) is 11.6 Å². The van der Waals surface area contributed by atoms with Crippen molar-refractivity contribution in [2.45, 2.75) is 6.92 Å². The molecular formula is C11H11ClN4O. The molecule has 0 bridgehead atoms. The van der Waals surface area contributed by atoms with Crippen LogP contribution in [0.3, 0.4) is 0 Å². The lowest BCUT2D eigenvalue weighted by Crippen LogP contribution is -2.02.